The van der Waals surface area contributed by atoms with Crippen molar-refractivity contribution in [2.75, 3.05) is 26.3 Å². The first-order valence-electron chi connectivity index (χ1n) is 8.10. The van der Waals surface area contributed by atoms with Crippen LogP contribution in [0.1, 0.15) is 11.3 Å². The molecule has 0 N–H and O–H groups in total. The van der Waals surface area contributed by atoms with Crippen molar-refractivity contribution in [2.45, 2.75) is 6.54 Å². The highest BCUT2D eigenvalue weighted by Crippen LogP contribution is 2.16. The van der Waals surface area contributed by atoms with Gasteiger partial charge in [-0.3, -0.25) is 0 Å². The Morgan fingerprint density at radius 1 is 1.04 bits per heavy atom. The predicted molar refractivity (Wildman–Crippen MR) is 92.3 cm³/mol. The first kappa shape index (κ1) is 14.8. The van der Waals surface area contributed by atoms with Crippen LogP contribution in [0.25, 0.3) is 17.2 Å². The van der Waals surface area contributed by atoms with E-state index in [2.05, 4.69) is 42.8 Å². The third-order valence-corrected chi connectivity index (χ3v) is 4.11. The molecule has 0 unspecified atom stereocenters. The van der Waals surface area contributed by atoms with Gasteiger partial charge in [-0.25, -0.2) is 15.0 Å². The zero-order valence-electron chi connectivity index (χ0n) is 13.4. The van der Waals surface area contributed by atoms with E-state index in [9.17, 15) is 0 Å². The number of hydrogen-bond acceptors (Lipinski definition) is 5. The lowest BCUT2D eigenvalue weighted by Gasteiger charge is -2.24. The second kappa shape index (κ2) is 6.80. The van der Waals surface area contributed by atoms with Crippen LogP contribution in [0.4, 0.5) is 0 Å². The molecule has 0 aliphatic carbocycles. The Morgan fingerprint density at radius 2 is 1.88 bits per heavy atom. The number of ether oxygens (including phenoxy) is 1. The van der Waals surface area contributed by atoms with Crippen molar-refractivity contribution in [3.63, 3.8) is 0 Å². The molecule has 1 aromatic carbocycles. The quantitative estimate of drug-likeness (QED) is 0.737. The summed E-state index contributed by atoms with van der Waals surface area (Å²) in [6, 6.07) is 10.3. The first-order valence-corrected chi connectivity index (χ1v) is 8.10. The van der Waals surface area contributed by atoms with Crippen LogP contribution in [-0.4, -0.2) is 50.7 Å². The van der Waals surface area contributed by atoms with Gasteiger partial charge in [0.2, 0.25) is 0 Å². The van der Waals surface area contributed by atoms with Crippen molar-refractivity contribution in [1.29, 1.82) is 0 Å². The Bertz CT molecular complexity index is 837. The van der Waals surface area contributed by atoms with Crippen molar-refractivity contribution in [3.8, 4) is 0 Å². The molecule has 3 aromatic rings. The minimum Gasteiger partial charge on any atom is -0.378 e. The lowest BCUT2D eigenvalue weighted by atomic mass is 10.2. The molecule has 6 nitrogen and oxygen atoms in total. The summed E-state index contributed by atoms with van der Waals surface area (Å²) < 4.78 is 7.42. The molecule has 122 valence electrons. The fraction of sp³-hybridized carbons (Fsp3) is 0.278. The van der Waals surface area contributed by atoms with Gasteiger partial charge in [0.05, 0.1) is 31.8 Å². The van der Waals surface area contributed by atoms with E-state index in [1.807, 2.05) is 30.6 Å². The predicted octanol–water partition coefficient (Wildman–Crippen LogP) is 2.18. The Kier molecular flexibility index (Phi) is 4.20. The third kappa shape index (κ3) is 3.14. The topological polar surface area (TPSA) is 56.1 Å². The molecule has 0 spiro atoms. The SMILES string of the molecule is C(=C\N1CCOCC1)/c1ncnc2c1ncn2Cc1ccccc1. The van der Waals surface area contributed by atoms with Gasteiger partial charge in [0.25, 0.3) is 0 Å². The molecule has 1 saturated heterocycles. The van der Waals surface area contributed by atoms with Crippen LogP contribution >= 0.6 is 0 Å². The number of benzene rings is 1. The van der Waals surface area contributed by atoms with Crippen molar-refractivity contribution < 1.29 is 4.74 Å². The van der Waals surface area contributed by atoms with E-state index in [1.165, 1.54) is 5.56 Å². The van der Waals surface area contributed by atoms with E-state index < -0.39 is 0 Å². The minimum absolute atomic E-state index is 0.751. The van der Waals surface area contributed by atoms with E-state index >= 15 is 0 Å². The smallest absolute Gasteiger partial charge is 0.164 e. The molecule has 0 bridgehead atoms. The highest BCUT2D eigenvalue weighted by atomic mass is 16.5. The van der Waals surface area contributed by atoms with E-state index in [4.69, 9.17) is 4.74 Å². The van der Waals surface area contributed by atoms with E-state index in [1.54, 1.807) is 6.33 Å². The number of morpholine rings is 1. The highest BCUT2D eigenvalue weighted by Gasteiger charge is 2.10. The number of aromatic nitrogens is 4. The molecule has 0 amide bonds. The summed E-state index contributed by atoms with van der Waals surface area (Å²) in [6.45, 7) is 4.12. The summed E-state index contributed by atoms with van der Waals surface area (Å²) in [6.07, 6.45) is 7.51. The Hall–Kier alpha value is -2.73. The van der Waals surface area contributed by atoms with Crippen molar-refractivity contribution in [2.24, 2.45) is 0 Å². The maximum absolute atomic E-state index is 5.37. The minimum atomic E-state index is 0.751. The summed E-state index contributed by atoms with van der Waals surface area (Å²) in [5, 5.41) is 0. The molecule has 1 aliphatic heterocycles. The summed E-state index contributed by atoms with van der Waals surface area (Å²) in [5.41, 5.74) is 3.76. The monoisotopic (exact) mass is 321 g/mol. The van der Waals surface area contributed by atoms with E-state index in [0.717, 1.165) is 49.7 Å². The molecule has 0 atom stereocenters. The molecule has 6 heteroatoms. The van der Waals surface area contributed by atoms with Gasteiger partial charge in [0.15, 0.2) is 5.65 Å². The molecule has 24 heavy (non-hydrogen) atoms. The van der Waals surface area contributed by atoms with Crippen LogP contribution in [0.15, 0.2) is 49.2 Å². The van der Waals surface area contributed by atoms with Gasteiger partial charge < -0.3 is 14.2 Å². The van der Waals surface area contributed by atoms with Gasteiger partial charge >= 0.3 is 0 Å². The normalized spacial score (nSPS) is 15.4. The number of fused-ring (bicyclic) bond motifs is 1. The number of rotatable bonds is 4. The molecule has 0 saturated carbocycles. The van der Waals surface area contributed by atoms with E-state index in [-0.39, 0.29) is 0 Å². The molecule has 1 fully saturated rings. The van der Waals surface area contributed by atoms with Crippen molar-refractivity contribution in [3.05, 3.63) is 60.4 Å². The van der Waals surface area contributed by atoms with Gasteiger partial charge in [0, 0.05) is 19.3 Å². The average molecular weight is 321 g/mol. The van der Waals surface area contributed by atoms with Crippen LogP contribution in [0.3, 0.4) is 0 Å². The first-order chi connectivity index (χ1) is 11.9. The number of hydrogen-bond donors (Lipinski definition) is 0. The van der Waals surface area contributed by atoms with Crippen molar-refractivity contribution in [1.82, 2.24) is 24.4 Å². The third-order valence-electron chi connectivity index (χ3n) is 4.11. The maximum atomic E-state index is 5.37. The van der Waals surface area contributed by atoms with Crippen LogP contribution in [-0.2, 0) is 11.3 Å². The van der Waals surface area contributed by atoms with Gasteiger partial charge in [-0.15, -0.1) is 0 Å². The van der Waals surface area contributed by atoms with Crippen molar-refractivity contribution >= 4 is 17.2 Å². The fourth-order valence-corrected chi connectivity index (χ4v) is 2.82. The van der Waals surface area contributed by atoms with Gasteiger partial charge in [-0.1, -0.05) is 30.3 Å². The summed E-state index contributed by atoms with van der Waals surface area (Å²) in [7, 11) is 0. The summed E-state index contributed by atoms with van der Waals surface area (Å²) in [5.74, 6) is 0. The largest absolute Gasteiger partial charge is 0.378 e. The van der Waals surface area contributed by atoms with Crippen LogP contribution in [0.2, 0.25) is 0 Å². The Balaban J connectivity index is 1.60. The lowest BCUT2D eigenvalue weighted by molar-refractivity contribution is 0.0597. The lowest BCUT2D eigenvalue weighted by Crippen LogP contribution is -2.31. The molecular formula is C18H19N5O. The zero-order valence-corrected chi connectivity index (χ0v) is 13.4. The second-order valence-corrected chi connectivity index (χ2v) is 5.75. The fourth-order valence-electron chi connectivity index (χ4n) is 2.82. The van der Waals surface area contributed by atoms with Gasteiger partial charge in [-0.05, 0) is 11.6 Å². The van der Waals surface area contributed by atoms with Gasteiger partial charge in [-0.2, -0.15) is 0 Å². The van der Waals surface area contributed by atoms with Crippen LogP contribution < -0.4 is 0 Å². The molecule has 3 heterocycles. The molecule has 1 aliphatic rings. The second-order valence-electron chi connectivity index (χ2n) is 5.75. The number of imidazole rings is 1. The molecular weight excluding hydrogens is 302 g/mol. The maximum Gasteiger partial charge on any atom is 0.164 e. The zero-order chi connectivity index (χ0) is 16.2. The summed E-state index contributed by atoms with van der Waals surface area (Å²) >= 11 is 0. The molecule has 0 radical (unpaired) electrons. The Morgan fingerprint density at radius 3 is 2.71 bits per heavy atom. The highest BCUT2D eigenvalue weighted by molar-refractivity contribution is 5.79. The summed E-state index contributed by atoms with van der Waals surface area (Å²) in [4.78, 5) is 15.6. The van der Waals surface area contributed by atoms with E-state index in [0.29, 0.717) is 0 Å². The van der Waals surface area contributed by atoms with Crippen LogP contribution in [0.5, 0.6) is 0 Å². The standard InChI is InChI=1S/C18H19N5O/c1-2-4-15(5-3-1)12-23-14-21-17-16(19-13-20-18(17)23)6-7-22-8-10-24-11-9-22/h1-7,13-14H,8-12H2/b7-6+. The molecule has 4 rings (SSSR count). The molecule has 2 aromatic heterocycles. The number of nitrogens with zero attached hydrogens (tertiary/aromatic N) is 5. The van der Waals surface area contributed by atoms with Crippen LogP contribution in [0, 0.1) is 0 Å². The van der Waals surface area contributed by atoms with Gasteiger partial charge in [0.1, 0.15) is 11.8 Å². The Labute approximate surface area is 140 Å². The average Bonchev–Trinajstić information content (AvgIpc) is 3.05.